The summed E-state index contributed by atoms with van der Waals surface area (Å²) < 4.78 is 28.3. The second-order valence-electron chi connectivity index (χ2n) is 6.12. The van der Waals surface area contributed by atoms with Crippen LogP contribution in [0.3, 0.4) is 0 Å². The molecule has 25 heavy (non-hydrogen) atoms. The fourth-order valence-electron chi connectivity index (χ4n) is 2.14. The number of rotatable bonds is 9. The summed E-state index contributed by atoms with van der Waals surface area (Å²) in [6.45, 7) is 4.99. The van der Waals surface area contributed by atoms with E-state index < -0.39 is 15.9 Å². The number of nitrogens with zero attached hydrogens (tertiary/aromatic N) is 1. The van der Waals surface area contributed by atoms with Crippen LogP contribution in [0.1, 0.15) is 26.7 Å². The van der Waals surface area contributed by atoms with Gasteiger partial charge in [-0.15, -0.1) is 12.4 Å². The van der Waals surface area contributed by atoms with Gasteiger partial charge in [0.2, 0.25) is 5.91 Å². The lowest BCUT2D eigenvalue weighted by Gasteiger charge is -2.24. The highest BCUT2D eigenvalue weighted by Gasteiger charge is 2.22. The lowest BCUT2D eigenvalue weighted by atomic mass is 9.99. The van der Waals surface area contributed by atoms with Crippen molar-refractivity contribution >= 4 is 28.2 Å². The molecule has 1 amide bonds. The van der Waals surface area contributed by atoms with Gasteiger partial charge in [0, 0.05) is 19.8 Å². The first kappa shape index (κ1) is 23.7. The number of amides is 1. The molecular formula is C17H29ClN2O4S. The minimum atomic E-state index is -3.19. The van der Waals surface area contributed by atoms with E-state index in [1.54, 1.807) is 24.1 Å². The Bertz CT molecular complexity index is 635. The van der Waals surface area contributed by atoms with E-state index >= 15 is 0 Å². The molecule has 1 aromatic rings. The van der Waals surface area contributed by atoms with Crippen molar-refractivity contribution in [2.24, 2.45) is 11.7 Å². The Hall–Kier alpha value is -1.31. The SMILES string of the molecule is CCC(C)C(N)C(=O)N(C)CCCOc1ccc(S(C)(=O)=O)cc1.Cl. The Morgan fingerprint density at radius 2 is 1.84 bits per heavy atom. The maximum Gasteiger partial charge on any atom is 0.239 e. The summed E-state index contributed by atoms with van der Waals surface area (Å²) >= 11 is 0. The Balaban J connectivity index is 0.00000576. The molecule has 0 aliphatic rings. The van der Waals surface area contributed by atoms with Crippen molar-refractivity contribution in [1.82, 2.24) is 4.90 Å². The minimum absolute atomic E-state index is 0. The number of nitrogens with two attached hydrogens (primary N) is 1. The zero-order chi connectivity index (χ0) is 18.3. The molecule has 0 aliphatic carbocycles. The van der Waals surface area contributed by atoms with Gasteiger partial charge in [-0.2, -0.15) is 0 Å². The highest BCUT2D eigenvalue weighted by atomic mass is 35.5. The van der Waals surface area contributed by atoms with E-state index in [1.165, 1.54) is 18.4 Å². The van der Waals surface area contributed by atoms with Gasteiger partial charge in [0.15, 0.2) is 9.84 Å². The first-order chi connectivity index (χ1) is 11.2. The minimum Gasteiger partial charge on any atom is -0.494 e. The Morgan fingerprint density at radius 3 is 2.32 bits per heavy atom. The van der Waals surface area contributed by atoms with Crippen molar-refractivity contribution in [1.29, 1.82) is 0 Å². The van der Waals surface area contributed by atoms with Crippen LogP contribution in [-0.4, -0.2) is 51.7 Å². The second kappa shape index (κ2) is 10.6. The fourth-order valence-corrected chi connectivity index (χ4v) is 2.77. The van der Waals surface area contributed by atoms with Crippen LogP contribution >= 0.6 is 12.4 Å². The third-order valence-corrected chi connectivity index (χ3v) is 5.21. The molecule has 1 rings (SSSR count). The molecule has 0 bridgehead atoms. The molecule has 2 atom stereocenters. The van der Waals surface area contributed by atoms with Gasteiger partial charge in [0.05, 0.1) is 17.5 Å². The summed E-state index contributed by atoms with van der Waals surface area (Å²) in [6.07, 6.45) is 2.70. The number of benzene rings is 1. The van der Waals surface area contributed by atoms with E-state index in [-0.39, 0.29) is 29.1 Å². The van der Waals surface area contributed by atoms with Crippen LogP contribution < -0.4 is 10.5 Å². The molecule has 0 radical (unpaired) electrons. The average Bonchev–Trinajstić information content (AvgIpc) is 2.56. The molecule has 2 N–H and O–H groups in total. The standard InChI is InChI=1S/C17H28N2O4S.ClH/c1-5-13(2)16(18)17(20)19(3)11-6-12-23-14-7-9-15(10-8-14)24(4,21)22;/h7-10,13,16H,5-6,11-12,18H2,1-4H3;1H. The van der Waals surface area contributed by atoms with Crippen molar-refractivity contribution in [2.45, 2.75) is 37.6 Å². The smallest absolute Gasteiger partial charge is 0.239 e. The summed E-state index contributed by atoms with van der Waals surface area (Å²) in [6, 6.07) is 5.83. The summed E-state index contributed by atoms with van der Waals surface area (Å²) in [5, 5.41) is 0. The van der Waals surface area contributed by atoms with Crippen LogP contribution in [0.2, 0.25) is 0 Å². The maximum absolute atomic E-state index is 12.1. The predicted molar refractivity (Wildman–Crippen MR) is 102 cm³/mol. The van der Waals surface area contributed by atoms with Crippen LogP contribution in [0.4, 0.5) is 0 Å². The van der Waals surface area contributed by atoms with E-state index in [2.05, 4.69) is 0 Å². The zero-order valence-electron chi connectivity index (χ0n) is 15.3. The fraction of sp³-hybridized carbons (Fsp3) is 0.588. The quantitative estimate of drug-likeness (QED) is 0.650. The van der Waals surface area contributed by atoms with Crippen molar-refractivity contribution in [2.75, 3.05) is 26.5 Å². The molecule has 2 unspecified atom stereocenters. The van der Waals surface area contributed by atoms with Gasteiger partial charge in [-0.05, 0) is 36.6 Å². The van der Waals surface area contributed by atoms with E-state index in [1.807, 2.05) is 13.8 Å². The lowest BCUT2D eigenvalue weighted by molar-refractivity contribution is -0.132. The molecule has 8 heteroatoms. The Morgan fingerprint density at radius 1 is 1.28 bits per heavy atom. The number of halogens is 1. The van der Waals surface area contributed by atoms with Crippen molar-refractivity contribution in [3.63, 3.8) is 0 Å². The number of sulfone groups is 1. The van der Waals surface area contributed by atoms with Gasteiger partial charge >= 0.3 is 0 Å². The van der Waals surface area contributed by atoms with E-state index in [0.717, 1.165) is 6.42 Å². The molecule has 0 saturated heterocycles. The van der Waals surface area contributed by atoms with Crippen LogP contribution in [-0.2, 0) is 14.6 Å². The molecule has 6 nitrogen and oxygen atoms in total. The van der Waals surface area contributed by atoms with Gasteiger partial charge < -0.3 is 15.4 Å². The number of hydrogen-bond acceptors (Lipinski definition) is 5. The Kier molecular flexibility index (Phi) is 10.1. The van der Waals surface area contributed by atoms with E-state index in [4.69, 9.17) is 10.5 Å². The number of ether oxygens (including phenoxy) is 1. The Labute approximate surface area is 157 Å². The first-order valence-electron chi connectivity index (χ1n) is 8.10. The molecule has 0 spiro atoms. The molecule has 1 aromatic carbocycles. The highest BCUT2D eigenvalue weighted by Crippen LogP contribution is 2.16. The monoisotopic (exact) mass is 392 g/mol. The number of carbonyl (C=O) groups is 1. The van der Waals surface area contributed by atoms with Crippen LogP contribution in [0, 0.1) is 5.92 Å². The van der Waals surface area contributed by atoms with Gasteiger partial charge in [-0.25, -0.2) is 8.42 Å². The highest BCUT2D eigenvalue weighted by molar-refractivity contribution is 7.90. The topological polar surface area (TPSA) is 89.7 Å². The summed E-state index contributed by atoms with van der Waals surface area (Å²) in [5.41, 5.74) is 5.95. The number of likely N-dealkylation sites (N-methyl/N-ethyl adjacent to an activating group) is 1. The number of hydrogen-bond donors (Lipinski definition) is 1. The average molecular weight is 393 g/mol. The first-order valence-corrected chi connectivity index (χ1v) is 9.99. The summed E-state index contributed by atoms with van der Waals surface area (Å²) in [5.74, 6) is 0.708. The molecule has 0 aromatic heterocycles. The van der Waals surface area contributed by atoms with Crippen molar-refractivity contribution in [3.8, 4) is 5.75 Å². The normalized spacial score (nSPS) is 13.5. The van der Waals surface area contributed by atoms with E-state index in [9.17, 15) is 13.2 Å². The number of carbonyl (C=O) groups excluding carboxylic acids is 1. The summed E-state index contributed by atoms with van der Waals surface area (Å²) in [7, 11) is -1.45. The van der Waals surface area contributed by atoms with Crippen LogP contribution in [0.15, 0.2) is 29.2 Å². The van der Waals surface area contributed by atoms with Gasteiger partial charge in [-0.3, -0.25) is 4.79 Å². The van der Waals surface area contributed by atoms with Crippen LogP contribution in [0.5, 0.6) is 5.75 Å². The predicted octanol–water partition coefficient (Wildman–Crippen LogP) is 2.11. The summed E-state index contributed by atoms with van der Waals surface area (Å²) in [4.78, 5) is 14.0. The molecule has 0 heterocycles. The van der Waals surface area contributed by atoms with Gasteiger partial charge in [0.1, 0.15) is 5.75 Å². The molecule has 0 fully saturated rings. The lowest BCUT2D eigenvalue weighted by Crippen LogP contribution is -2.45. The van der Waals surface area contributed by atoms with Crippen molar-refractivity contribution < 1.29 is 17.9 Å². The van der Waals surface area contributed by atoms with Gasteiger partial charge in [0.25, 0.3) is 0 Å². The van der Waals surface area contributed by atoms with Crippen molar-refractivity contribution in [3.05, 3.63) is 24.3 Å². The maximum atomic E-state index is 12.1. The van der Waals surface area contributed by atoms with E-state index in [0.29, 0.717) is 25.3 Å². The van der Waals surface area contributed by atoms with Crippen LogP contribution in [0.25, 0.3) is 0 Å². The molecule has 0 saturated carbocycles. The third kappa shape index (κ3) is 7.63. The van der Waals surface area contributed by atoms with Gasteiger partial charge in [-0.1, -0.05) is 20.3 Å². The molecular weight excluding hydrogens is 364 g/mol. The second-order valence-corrected chi connectivity index (χ2v) is 8.13. The largest absolute Gasteiger partial charge is 0.494 e. The molecule has 144 valence electrons. The third-order valence-electron chi connectivity index (χ3n) is 4.08. The zero-order valence-corrected chi connectivity index (χ0v) is 16.9. The molecule has 0 aliphatic heterocycles.